The van der Waals surface area contributed by atoms with Gasteiger partial charge in [0.15, 0.2) is 0 Å². The molecular weight excluding hydrogens is 370 g/mol. The van der Waals surface area contributed by atoms with Crippen molar-refractivity contribution in [3.63, 3.8) is 0 Å². The summed E-state index contributed by atoms with van der Waals surface area (Å²) in [6.45, 7) is 5.26. The zero-order chi connectivity index (χ0) is 17.1. The van der Waals surface area contributed by atoms with Gasteiger partial charge in [-0.3, -0.25) is 4.79 Å². The molecule has 1 aromatic carbocycles. The maximum atomic E-state index is 12.6. The van der Waals surface area contributed by atoms with E-state index in [-0.39, 0.29) is 5.91 Å². The normalized spacial score (nSPS) is 15.4. The van der Waals surface area contributed by atoms with Crippen LogP contribution >= 0.6 is 15.9 Å². The first-order valence-electron chi connectivity index (χ1n) is 7.87. The number of nitrogens with one attached hydrogen (secondary N) is 1. The number of benzene rings is 1. The van der Waals surface area contributed by atoms with Gasteiger partial charge in [-0.2, -0.15) is 0 Å². The van der Waals surface area contributed by atoms with Crippen LogP contribution < -0.4 is 5.32 Å². The van der Waals surface area contributed by atoms with E-state index < -0.39 is 0 Å². The molecule has 1 aliphatic heterocycles. The van der Waals surface area contributed by atoms with E-state index in [1.54, 1.807) is 12.3 Å². The van der Waals surface area contributed by atoms with E-state index in [1.807, 2.05) is 30.0 Å². The summed E-state index contributed by atoms with van der Waals surface area (Å²) >= 11 is 3.51. The van der Waals surface area contributed by atoms with Crippen LogP contribution in [0.3, 0.4) is 0 Å². The van der Waals surface area contributed by atoms with Gasteiger partial charge in [-0.25, -0.2) is 9.97 Å². The minimum absolute atomic E-state index is 0.0429. The lowest BCUT2D eigenvalue weighted by molar-refractivity contribution is 0.0658. The third kappa shape index (κ3) is 3.91. The first-order chi connectivity index (χ1) is 11.5. The minimum atomic E-state index is -0.0429. The molecule has 7 heteroatoms. The van der Waals surface area contributed by atoms with Crippen molar-refractivity contribution >= 4 is 33.5 Å². The number of nitrogens with zero attached hydrogens (tertiary/aromatic N) is 4. The highest BCUT2D eigenvalue weighted by Crippen LogP contribution is 2.22. The fourth-order valence-corrected chi connectivity index (χ4v) is 2.89. The van der Waals surface area contributed by atoms with Crippen molar-refractivity contribution in [3.05, 3.63) is 46.2 Å². The molecule has 1 saturated heterocycles. The molecule has 0 spiro atoms. The number of likely N-dealkylation sites (N-methyl/N-ethyl adjacent to an activating group) is 1. The molecule has 1 amide bonds. The van der Waals surface area contributed by atoms with Crippen LogP contribution in [0.4, 0.5) is 11.6 Å². The molecule has 6 nitrogen and oxygen atoms in total. The quantitative estimate of drug-likeness (QED) is 0.873. The average molecular weight is 390 g/mol. The fraction of sp³-hybridized carbons (Fsp3) is 0.353. The number of anilines is 2. The predicted octanol–water partition coefficient (Wildman–Crippen LogP) is 2.68. The summed E-state index contributed by atoms with van der Waals surface area (Å²) in [7, 11) is 2.06. The summed E-state index contributed by atoms with van der Waals surface area (Å²) < 4.78 is 1.01. The summed E-state index contributed by atoms with van der Waals surface area (Å²) in [5, 5.41) is 3.15. The number of aryl methyl sites for hydroxylation is 1. The van der Waals surface area contributed by atoms with Crippen molar-refractivity contribution in [2.75, 3.05) is 38.5 Å². The Bertz CT molecular complexity index is 744. The van der Waals surface area contributed by atoms with Gasteiger partial charge < -0.3 is 15.1 Å². The van der Waals surface area contributed by atoms with Crippen molar-refractivity contribution in [2.45, 2.75) is 6.92 Å². The maximum Gasteiger partial charge on any atom is 0.272 e. The fourth-order valence-electron chi connectivity index (χ4n) is 2.51. The lowest BCUT2D eigenvalue weighted by Gasteiger charge is -2.32. The van der Waals surface area contributed by atoms with Gasteiger partial charge >= 0.3 is 0 Å². The number of amides is 1. The lowest BCUT2D eigenvalue weighted by atomic mass is 10.2. The van der Waals surface area contributed by atoms with Crippen molar-refractivity contribution in [3.8, 4) is 0 Å². The second-order valence-electron chi connectivity index (χ2n) is 5.95. The Labute approximate surface area is 150 Å². The first kappa shape index (κ1) is 16.9. The number of hydrogen-bond donors (Lipinski definition) is 1. The molecule has 1 aromatic heterocycles. The maximum absolute atomic E-state index is 12.6. The molecule has 0 atom stereocenters. The number of carbonyl (C=O) groups excluding carboxylic acids is 1. The van der Waals surface area contributed by atoms with Gasteiger partial charge in [0.25, 0.3) is 5.91 Å². The molecule has 2 aromatic rings. The zero-order valence-corrected chi connectivity index (χ0v) is 15.4. The number of hydrogen-bond acceptors (Lipinski definition) is 5. The van der Waals surface area contributed by atoms with E-state index in [4.69, 9.17) is 0 Å². The number of halogens is 1. The number of carbonyl (C=O) groups is 1. The molecule has 24 heavy (non-hydrogen) atoms. The SMILES string of the molecule is Cc1ccc(Nc2nccc(C(=O)N3CCN(C)CC3)n2)cc1Br. The summed E-state index contributed by atoms with van der Waals surface area (Å²) in [6, 6.07) is 7.59. The highest BCUT2D eigenvalue weighted by Gasteiger charge is 2.21. The first-order valence-corrected chi connectivity index (χ1v) is 8.66. The van der Waals surface area contributed by atoms with Gasteiger partial charge in [-0.05, 0) is 37.7 Å². The van der Waals surface area contributed by atoms with Gasteiger partial charge in [0, 0.05) is 42.5 Å². The van der Waals surface area contributed by atoms with Crippen LogP contribution in [-0.2, 0) is 0 Å². The van der Waals surface area contributed by atoms with Gasteiger partial charge in [0.05, 0.1) is 0 Å². The second-order valence-corrected chi connectivity index (χ2v) is 6.80. The molecule has 0 unspecified atom stereocenters. The highest BCUT2D eigenvalue weighted by molar-refractivity contribution is 9.10. The van der Waals surface area contributed by atoms with Crippen LogP contribution in [0.1, 0.15) is 16.1 Å². The molecule has 0 bridgehead atoms. The van der Waals surface area contributed by atoms with Crippen molar-refractivity contribution in [1.82, 2.24) is 19.8 Å². The van der Waals surface area contributed by atoms with Crippen LogP contribution in [0.25, 0.3) is 0 Å². The Kier molecular flexibility index (Phi) is 5.11. The van der Waals surface area contributed by atoms with Crippen LogP contribution in [0.2, 0.25) is 0 Å². The number of rotatable bonds is 3. The second kappa shape index (κ2) is 7.27. The van der Waals surface area contributed by atoms with Gasteiger partial charge in [0.1, 0.15) is 5.69 Å². The predicted molar refractivity (Wildman–Crippen MR) is 97.6 cm³/mol. The van der Waals surface area contributed by atoms with Crippen LogP contribution in [0, 0.1) is 6.92 Å². The Hall–Kier alpha value is -1.99. The van der Waals surface area contributed by atoms with E-state index in [9.17, 15) is 4.79 Å². The van der Waals surface area contributed by atoms with Crippen molar-refractivity contribution in [1.29, 1.82) is 0 Å². The smallest absolute Gasteiger partial charge is 0.272 e. The molecule has 0 radical (unpaired) electrons. The zero-order valence-electron chi connectivity index (χ0n) is 13.8. The highest BCUT2D eigenvalue weighted by atomic mass is 79.9. The monoisotopic (exact) mass is 389 g/mol. The molecule has 1 fully saturated rings. The minimum Gasteiger partial charge on any atom is -0.335 e. The molecule has 1 N–H and O–H groups in total. The van der Waals surface area contributed by atoms with E-state index in [0.717, 1.165) is 41.9 Å². The van der Waals surface area contributed by atoms with E-state index in [0.29, 0.717) is 11.6 Å². The Morgan fingerprint density at radius 2 is 1.96 bits per heavy atom. The molecule has 126 valence electrons. The van der Waals surface area contributed by atoms with Crippen molar-refractivity contribution in [2.24, 2.45) is 0 Å². The third-order valence-corrected chi connectivity index (χ3v) is 4.95. The molecule has 0 saturated carbocycles. The van der Waals surface area contributed by atoms with E-state index >= 15 is 0 Å². The van der Waals surface area contributed by atoms with E-state index in [1.165, 1.54) is 0 Å². The standard InChI is InChI=1S/C17H20BrN5O/c1-12-3-4-13(11-14(12)18)20-17-19-6-5-15(21-17)16(24)23-9-7-22(2)8-10-23/h3-6,11H,7-10H2,1-2H3,(H,19,20,21). The van der Waals surface area contributed by atoms with Crippen molar-refractivity contribution < 1.29 is 4.79 Å². The third-order valence-electron chi connectivity index (χ3n) is 4.09. The summed E-state index contributed by atoms with van der Waals surface area (Å²) in [6.07, 6.45) is 1.61. The number of piperazine rings is 1. The van der Waals surface area contributed by atoms with Crippen LogP contribution in [0.5, 0.6) is 0 Å². The Morgan fingerprint density at radius 1 is 1.21 bits per heavy atom. The summed E-state index contributed by atoms with van der Waals surface area (Å²) in [5.41, 5.74) is 2.44. The average Bonchev–Trinajstić information content (AvgIpc) is 2.58. The lowest BCUT2D eigenvalue weighted by Crippen LogP contribution is -2.47. The van der Waals surface area contributed by atoms with Gasteiger partial charge in [-0.15, -0.1) is 0 Å². The largest absolute Gasteiger partial charge is 0.335 e. The molecular formula is C17H20BrN5O. The Balaban J connectivity index is 1.73. The Morgan fingerprint density at radius 3 is 2.67 bits per heavy atom. The molecule has 0 aliphatic carbocycles. The van der Waals surface area contributed by atoms with E-state index in [2.05, 4.69) is 43.2 Å². The summed E-state index contributed by atoms with van der Waals surface area (Å²) in [4.78, 5) is 25.2. The summed E-state index contributed by atoms with van der Waals surface area (Å²) in [5.74, 6) is 0.379. The molecule has 1 aliphatic rings. The van der Waals surface area contributed by atoms with Crippen LogP contribution in [-0.4, -0.2) is 58.9 Å². The molecule has 2 heterocycles. The van der Waals surface area contributed by atoms with Gasteiger partial charge in [0.2, 0.25) is 5.95 Å². The van der Waals surface area contributed by atoms with Gasteiger partial charge in [-0.1, -0.05) is 22.0 Å². The topological polar surface area (TPSA) is 61.4 Å². The molecule has 3 rings (SSSR count). The van der Waals surface area contributed by atoms with Crippen LogP contribution in [0.15, 0.2) is 34.9 Å². The number of aromatic nitrogens is 2.